The van der Waals surface area contributed by atoms with Crippen molar-refractivity contribution in [2.24, 2.45) is 0 Å². The molecule has 0 spiro atoms. The van der Waals surface area contributed by atoms with Crippen LogP contribution in [0.1, 0.15) is 17.4 Å². The van der Waals surface area contributed by atoms with Crippen molar-refractivity contribution in [1.29, 1.82) is 0 Å². The normalized spacial score (nSPS) is 10.9. The van der Waals surface area contributed by atoms with E-state index in [1.165, 1.54) is 17.5 Å². The van der Waals surface area contributed by atoms with Gasteiger partial charge in [0, 0.05) is 16.7 Å². The van der Waals surface area contributed by atoms with Gasteiger partial charge in [-0.25, -0.2) is 19.7 Å². The van der Waals surface area contributed by atoms with Gasteiger partial charge in [0.1, 0.15) is 20.3 Å². The first-order valence-electron chi connectivity index (χ1n) is 8.50. The average Bonchev–Trinajstić information content (AvgIpc) is 3.15. The Morgan fingerprint density at radius 2 is 1.96 bits per heavy atom. The van der Waals surface area contributed by atoms with Gasteiger partial charge in [-0.3, -0.25) is 0 Å². The first kappa shape index (κ1) is 18.4. The van der Waals surface area contributed by atoms with E-state index in [0.29, 0.717) is 15.2 Å². The van der Waals surface area contributed by atoms with Crippen LogP contribution in [-0.4, -0.2) is 32.6 Å². The first-order valence-corrected chi connectivity index (χ1v) is 10.1. The summed E-state index contributed by atoms with van der Waals surface area (Å²) >= 11 is 2.86. The highest BCUT2D eigenvalue weighted by Gasteiger charge is 2.20. The molecule has 6 nitrogen and oxygen atoms in total. The Kier molecular flexibility index (Phi) is 5.23. The minimum Gasteiger partial charge on any atom is -0.504 e. The first-order chi connectivity index (χ1) is 13.7. The van der Waals surface area contributed by atoms with Gasteiger partial charge in [-0.05, 0) is 31.2 Å². The van der Waals surface area contributed by atoms with Gasteiger partial charge in [0.15, 0.2) is 11.4 Å². The number of pyridine rings is 2. The van der Waals surface area contributed by atoms with Crippen LogP contribution in [-0.2, 0) is 4.74 Å². The molecule has 4 aromatic rings. The molecule has 1 N–H and O–H groups in total. The molecule has 0 fully saturated rings. The van der Waals surface area contributed by atoms with Gasteiger partial charge in [-0.2, -0.15) is 0 Å². The molecule has 0 bridgehead atoms. The summed E-state index contributed by atoms with van der Waals surface area (Å²) in [6.45, 7) is 1.91. The van der Waals surface area contributed by atoms with E-state index in [1.807, 2.05) is 42.5 Å². The van der Waals surface area contributed by atoms with Gasteiger partial charge in [0.25, 0.3) is 0 Å². The number of carbonyl (C=O) groups is 1. The van der Waals surface area contributed by atoms with Crippen molar-refractivity contribution < 1.29 is 14.6 Å². The SMILES string of the molecule is CCOC(=O)c1ncc2nc(-c3ccc(Sc4ccccc4)nc3)sc2c1O. The van der Waals surface area contributed by atoms with Crippen LogP contribution in [0.15, 0.2) is 64.8 Å². The van der Waals surface area contributed by atoms with Crippen LogP contribution in [0.3, 0.4) is 0 Å². The molecule has 0 amide bonds. The Morgan fingerprint density at radius 3 is 2.68 bits per heavy atom. The third kappa shape index (κ3) is 3.69. The molecule has 0 atom stereocenters. The highest BCUT2D eigenvalue weighted by molar-refractivity contribution is 7.99. The highest BCUT2D eigenvalue weighted by atomic mass is 32.2. The largest absolute Gasteiger partial charge is 0.504 e. The molecular weight excluding hydrogens is 394 g/mol. The number of carbonyl (C=O) groups excluding carboxylic acids is 1. The van der Waals surface area contributed by atoms with Gasteiger partial charge in [0.05, 0.1) is 12.8 Å². The zero-order chi connectivity index (χ0) is 19.5. The van der Waals surface area contributed by atoms with Crippen molar-refractivity contribution in [3.8, 4) is 16.3 Å². The molecular formula is C20H15N3O3S2. The summed E-state index contributed by atoms with van der Waals surface area (Å²) in [7, 11) is 0. The predicted molar refractivity (Wildman–Crippen MR) is 109 cm³/mol. The molecule has 0 saturated heterocycles. The molecule has 28 heavy (non-hydrogen) atoms. The lowest BCUT2D eigenvalue weighted by molar-refractivity contribution is 0.0516. The summed E-state index contributed by atoms with van der Waals surface area (Å²) in [6.07, 6.45) is 3.22. The van der Waals surface area contributed by atoms with Crippen molar-refractivity contribution in [3.63, 3.8) is 0 Å². The smallest absolute Gasteiger partial charge is 0.360 e. The van der Waals surface area contributed by atoms with E-state index in [4.69, 9.17) is 4.74 Å². The number of thiazole rings is 1. The zero-order valence-corrected chi connectivity index (χ0v) is 16.5. The number of hydrogen-bond donors (Lipinski definition) is 1. The third-order valence-corrected chi connectivity index (χ3v) is 5.91. The van der Waals surface area contributed by atoms with E-state index in [0.717, 1.165) is 15.5 Å². The van der Waals surface area contributed by atoms with E-state index in [9.17, 15) is 9.90 Å². The molecule has 0 unspecified atom stereocenters. The standard InChI is InChI=1S/C20H15N3O3S2/c1-2-26-20(25)16-17(24)18-14(11-22-16)23-19(28-18)12-8-9-15(21-10-12)27-13-6-4-3-5-7-13/h3-11,24H,2H2,1H3. The lowest BCUT2D eigenvalue weighted by atomic mass is 10.3. The number of esters is 1. The Bertz CT molecular complexity index is 1130. The van der Waals surface area contributed by atoms with Gasteiger partial charge >= 0.3 is 5.97 Å². The van der Waals surface area contributed by atoms with Crippen LogP contribution in [0.4, 0.5) is 0 Å². The number of aromatic nitrogens is 3. The van der Waals surface area contributed by atoms with Crippen LogP contribution in [0, 0.1) is 0 Å². The Labute approximate surface area is 169 Å². The van der Waals surface area contributed by atoms with Crippen molar-refractivity contribution >= 4 is 39.3 Å². The van der Waals surface area contributed by atoms with Crippen molar-refractivity contribution in [2.45, 2.75) is 16.8 Å². The maximum atomic E-state index is 11.9. The zero-order valence-electron chi connectivity index (χ0n) is 14.8. The van der Waals surface area contributed by atoms with Crippen LogP contribution in [0.2, 0.25) is 0 Å². The van der Waals surface area contributed by atoms with Crippen LogP contribution in [0.25, 0.3) is 20.8 Å². The van der Waals surface area contributed by atoms with Gasteiger partial charge < -0.3 is 9.84 Å². The Hall–Kier alpha value is -2.97. The van der Waals surface area contributed by atoms with E-state index in [2.05, 4.69) is 15.0 Å². The molecule has 3 heterocycles. The second-order valence-electron chi connectivity index (χ2n) is 5.71. The van der Waals surface area contributed by atoms with E-state index >= 15 is 0 Å². The van der Waals surface area contributed by atoms with Crippen LogP contribution in [0.5, 0.6) is 5.75 Å². The summed E-state index contributed by atoms with van der Waals surface area (Å²) in [5, 5.41) is 12.0. The van der Waals surface area contributed by atoms with Gasteiger partial charge in [-0.1, -0.05) is 30.0 Å². The van der Waals surface area contributed by atoms with E-state index < -0.39 is 5.97 Å². The number of nitrogens with zero attached hydrogens (tertiary/aromatic N) is 3. The second kappa shape index (κ2) is 7.95. The summed E-state index contributed by atoms with van der Waals surface area (Å²) in [4.78, 5) is 26.0. The maximum Gasteiger partial charge on any atom is 0.360 e. The van der Waals surface area contributed by atoms with Crippen molar-refractivity contribution in [3.05, 3.63) is 60.6 Å². The molecule has 0 aliphatic rings. The fourth-order valence-corrected chi connectivity index (χ4v) is 4.28. The van der Waals surface area contributed by atoms with E-state index in [-0.39, 0.29) is 18.1 Å². The molecule has 0 radical (unpaired) electrons. The molecule has 3 aromatic heterocycles. The highest BCUT2D eigenvalue weighted by Crippen LogP contribution is 2.37. The number of benzene rings is 1. The quantitative estimate of drug-likeness (QED) is 0.475. The fraction of sp³-hybridized carbons (Fsp3) is 0.100. The van der Waals surface area contributed by atoms with Crippen LogP contribution >= 0.6 is 23.1 Å². The minimum atomic E-state index is -0.652. The summed E-state index contributed by atoms with van der Waals surface area (Å²) in [6, 6.07) is 13.9. The summed E-state index contributed by atoms with van der Waals surface area (Å²) < 4.78 is 5.42. The van der Waals surface area contributed by atoms with E-state index in [1.54, 1.807) is 24.9 Å². The fourth-order valence-electron chi connectivity index (χ4n) is 2.53. The predicted octanol–water partition coefficient (Wildman–Crippen LogP) is 4.79. The number of aromatic hydroxyl groups is 1. The molecule has 8 heteroatoms. The lowest BCUT2D eigenvalue weighted by Gasteiger charge is -2.02. The third-order valence-electron chi connectivity index (χ3n) is 3.83. The molecule has 140 valence electrons. The number of ether oxygens (including phenoxy) is 1. The topological polar surface area (TPSA) is 85.2 Å². The monoisotopic (exact) mass is 409 g/mol. The molecule has 0 saturated carbocycles. The average molecular weight is 409 g/mol. The number of rotatable bonds is 5. The Morgan fingerprint density at radius 1 is 1.14 bits per heavy atom. The van der Waals surface area contributed by atoms with Gasteiger partial charge in [-0.15, -0.1) is 11.3 Å². The van der Waals surface area contributed by atoms with Crippen molar-refractivity contribution in [2.75, 3.05) is 6.61 Å². The van der Waals surface area contributed by atoms with Gasteiger partial charge in [0.2, 0.25) is 0 Å². The Balaban J connectivity index is 1.62. The summed E-state index contributed by atoms with van der Waals surface area (Å²) in [5.41, 5.74) is 1.25. The second-order valence-corrected chi connectivity index (χ2v) is 7.80. The minimum absolute atomic E-state index is 0.0997. The number of fused-ring (bicyclic) bond motifs is 1. The summed E-state index contributed by atoms with van der Waals surface area (Å²) in [5.74, 6) is -0.857. The van der Waals surface area contributed by atoms with Crippen LogP contribution < -0.4 is 0 Å². The molecule has 4 rings (SSSR count). The maximum absolute atomic E-state index is 11.9. The molecule has 1 aromatic carbocycles. The number of hydrogen-bond acceptors (Lipinski definition) is 8. The molecule has 0 aliphatic heterocycles. The molecule has 0 aliphatic carbocycles. The lowest BCUT2D eigenvalue weighted by Crippen LogP contribution is -2.07. The van der Waals surface area contributed by atoms with Crippen molar-refractivity contribution in [1.82, 2.24) is 15.0 Å².